The molecule has 0 N–H and O–H groups in total. The van der Waals surface area contributed by atoms with Gasteiger partial charge in [-0.1, -0.05) is 57.3 Å². The minimum absolute atomic E-state index is 0.875. The van der Waals surface area contributed by atoms with Crippen molar-refractivity contribution in [2.75, 3.05) is 0 Å². The van der Waals surface area contributed by atoms with Crippen LogP contribution in [0.15, 0.2) is 24.3 Å². The average Bonchev–Trinajstić information content (AvgIpc) is 1.84. The van der Waals surface area contributed by atoms with E-state index in [4.69, 9.17) is 0 Å². The topological polar surface area (TPSA) is 0 Å². The molecule has 0 amide bonds. The molecule has 0 nitrogen and oxygen atoms in total. The smallest absolute Gasteiger partial charge is 0.0480 e. The van der Waals surface area contributed by atoms with Crippen molar-refractivity contribution < 1.29 is 0 Å². The van der Waals surface area contributed by atoms with Crippen molar-refractivity contribution in [2.24, 2.45) is 0 Å². The van der Waals surface area contributed by atoms with Gasteiger partial charge in [-0.05, 0) is 12.5 Å². The van der Waals surface area contributed by atoms with Gasteiger partial charge in [-0.3, -0.25) is 0 Å². The first-order chi connectivity index (χ1) is 5.45. The molecule has 0 aliphatic carbocycles. The molecular weight excluding hydrogens is 160 g/mol. The Morgan fingerprint density at radius 1 is 1.33 bits per heavy atom. The molecule has 0 aromatic heterocycles. The Labute approximate surface area is 78.4 Å². The summed E-state index contributed by atoms with van der Waals surface area (Å²) in [5.74, 6) is 0. The van der Waals surface area contributed by atoms with Gasteiger partial charge in [-0.15, -0.1) is 0 Å². The molecule has 0 rings (SSSR count). The van der Waals surface area contributed by atoms with Crippen LogP contribution in [-0.2, 0) is 0 Å². The Balaban J connectivity index is 3.69. The van der Waals surface area contributed by atoms with E-state index >= 15 is 0 Å². The van der Waals surface area contributed by atoms with Gasteiger partial charge in [0.25, 0.3) is 0 Å². The molecule has 0 saturated heterocycles. The van der Waals surface area contributed by atoms with E-state index in [1.54, 1.807) is 0 Å². The van der Waals surface area contributed by atoms with Crippen LogP contribution in [0.3, 0.4) is 0 Å². The first-order valence-corrected chi connectivity index (χ1v) is 8.51. The Hall–Kier alpha value is -0.303. The van der Waals surface area contributed by atoms with Crippen LogP contribution in [0.25, 0.3) is 0 Å². The third kappa shape index (κ3) is 7.80. The van der Waals surface area contributed by atoms with Crippen LogP contribution in [-0.4, -0.2) is 8.07 Å². The van der Waals surface area contributed by atoms with Crippen molar-refractivity contribution >= 4 is 8.07 Å². The summed E-state index contributed by atoms with van der Waals surface area (Å²) in [6, 6.07) is 1.27. The minimum atomic E-state index is -0.875. The molecule has 12 heavy (non-hydrogen) atoms. The summed E-state index contributed by atoms with van der Waals surface area (Å²) >= 11 is 0. The average molecular weight is 182 g/mol. The van der Waals surface area contributed by atoms with E-state index in [9.17, 15) is 0 Å². The highest BCUT2D eigenvalue weighted by molar-refractivity contribution is 6.76. The largest absolute Gasteiger partial charge is 0.0958 e. The summed E-state index contributed by atoms with van der Waals surface area (Å²) in [6.45, 7) is 13.4. The summed E-state index contributed by atoms with van der Waals surface area (Å²) in [5, 5.41) is 0. The highest BCUT2D eigenvalue weighted by atomic mass is 28.3. The van der Waals surface area contributed by atoms with Gasteiger partial charge in [0, 0.05) is 8.07 Å². The second-order valence-corrected chi connectivity index (χ2v) is 10.1. The van der Waals surface area contributed by atoms with Crippen molar-refractivity contribution in [1.82, 2.24) is 0 Å². The summed E-state index contributed by atoms with van der Waals surface area (Å²) in [7, 11) is -0.875. The van der Waals surface area contributed by atoms with Crippen LogP contribution in [0.4, 0.5) is 0 Å². The molecule has 1 heteroatoms. The minimum Gasteiger partial charge on any atom is -0.0958 e. The van der Waals surface area contributed by atoms with Gasteiger partial charge in [0.2, 0.25) is 0 Å². The zero-order chi connectivity index (χ0) is 9.61. The van der Waals surface area contributed by atoms with Crippen molar-refractivity contribution in [3.63, 3.8) is 0 Å². The molecule has 0 radical (unpaired) electrons. The van der Waals surface area contributed by atoms with Crippen molar-refractivity contribution in [2.45, 2.75) is 45.5 Å². The van der Waals surface area contributed by atoms with E-state index in [1.165, 1.54) is 18.0 Å². The Bertz CT molecular complexity index is 160. The fraction of sp³-hybridized carbons (Fsp3) is 0.636. The van der Waals surface area contributed by atoms with Crippen molar-refractivity contribution in [1.29, 1.82) is 0 Å². The molecule has 70 valence electrons. The molecule has 0 atom stereocenters. The maximum absolute atomic E-state index is 3.99. The maximum Gasteiger partial charge on any atom is 0.0480 e. The van der Waals surface area contributed by atoms with Crippen molar-refractivity contribution in [3.8, 4) is 0 Å². The van der Waals surface area contributed by atoms with Gasteiger partial charge in [-0.2, -0.15) is 0 Å². The molecule has 0 aromatic carbocycles. The standard InChI is InChI=1S/C11H22Si/c1-6-8-11(2)9-7-10-12(3,4)5/h7,9H,2,6,8,10H2,1,3-5H3/b9-7-. The van der Waals surface area contributed by atoms with Gasteiger partial charge in [0.1, 0.15) is 0 Å². The van der Waals surface area contributed by atoms with E-state index in [0.29, 0.717) is 0 Å². The summed E-state index contributed by atoms with van der Waals surface area (Å²) < 4.78 is 0. The van der Waals surface area contributed by atoms with Gasteiger partial charge in [-0.25, -0.2) is 0 Å². The summed E-state index contributed by atoms with van der Waals surface area (Å²) in [5.41, 5.74) is 1.27. The maximum atomic E-state index is 3.99. The molecule has 0 fully saturated rings. The lowest BCUT2D eigenvalue weighted by molar-refractivity contribution is 0.929. The lowest BCUT2D eigenvalue weighted by Gasteiger charge is -2.11. The van der Waals surface area contributed by atoms with Crippen molar-refractivity contribution in [3.05, 3.63) is 24.3 Å². The SMILES string of the molecule is C=C(/C=C\C[Si](C)(C)C)CCC. The predicted octanol–water partition coefficient (Wildman–Crippen LogP) is 4.24. The van der Waals surface area contributed by atoms with E-state index < -0.39 is 8.07 Å². The first-order valence-electron chi connectivity index (χ1n) is 4.80. The van der Waals surface area contributed by atoms with E-state index in [-0.39, 0.29) is 0 Å². The van der Waals surface area contributed by atoms with Crippen LogP contribution in [0, 0.1) is 0 Å². The Morgan fingerprint density at radius 2 is 1.92 bits per heavy atom. The third-order valence-corrected chi connectivity index (χ3v) is 3.12. The first kappa shape index (κ1) is 11.7. The number of allylic oxidation sites excluding steroid dienone is 3. The van der Waals surface area contributed by atoms with Crippen LogP contribution in [0.2, 0.25) is 25.7 Å². The molecular formula is C11H22Si. The van der Waals surface area contributed by atoms with Gasteiger partial charge in [0.15, 0.2) is 0 Å². The Morgan fingerprint density at radius 3 is 2.33 bits per heavy atom. The second kappa shape index (κ2) is 5.36. The fourth-order valence-electron chi connectivity index (χ4n) is 0.984. The lowest BCUT2D eigenvalue weighted by atomic mass is 10.2. The van der Waals surface area contributed by atoms with E-state index in [2.05, 4.69) is 45.3 Å². The lowest BCUT2D eigenvalue weighted by Crippen LogP contribution is -2.17. The molecule has 0 saturated carbocycles. The molecule has 0 spiro atoms. The molecule has 0 aliphatic rings. The fourth-order valence-corrected chi connectivity index (χ4v) is 1.81. The monoisotopic (exact) mass is 182 g/mol. The van der Waals surface area contributed by atoms with Crippen LogP contribution in [0.5, 0.6) is 0 Å². The quantitative estimate of drug-likeness (QED) is 0.441. The summed E-state index contributed by atoms with van der Waals surface area (Å²) in [6.07, 6.45) is 6.84. The molecule has 0 unspecified atom stereocenters. The van der Waals surface area contributed by atoms with Crippen LogP contribution < -0.4 is 0 Å². The number of hydrogen-bond donors (Lipinski definition) is 0. The number of rotatable bonds is 5. The van der Waals surface area contributed by atoms with E-state index in [0.717, 1.165) is 6.42 Å². The normalized spacial score (nSPS) is 12.3. The number of hydrogen-bond acceptors (Lipinski definition) is 0. The molecule has 0 aromatic rings. The van der Waals surface area contributed by atoms with E-state index in [1.807, 2.05) is 0 Å². The molecule has 0 aliphatic heterocycles. The predicted molar refractivity (Wildman–Crippen MR) is 61.3 cm³/mol. The highest BCUT2D eigenvalue weighted by Gasteiger charge is 2.09. The highest BCUT2D eigenvalue weighted by Crippen LogP contribution is 2.10. The second-order valence-electron chi connectivity index (χ2n) is 4.58. The molecule has 0 heterocycles. The third-order valence-electron chi connectivity index (χ3n) is 1.65. The Kier molecular flexibility index (Phi) is 5.23. The van der Waals surface area contributed by atoms with Crippen LogP contribution in [0.1, 0.15) is 19.8 Å². The molecule has 0 bridgehead atoms. The summed E-state index contributed by atoms with van der Waals surface area (Å²) in [4.78, 5) is 0. The van der Waals surface area contributed by atoms with Gasteiger partial charge in [0.05, 0.1) is 0 Å². The van der Waals surface area contributed by atoms with Gasteiger partial charge >= 0.3 is 0 Å². The van der Waals surface area contributed by atoms with Gasteiger partial charge < -0.3 is 0 Å². The van der Waals surface area contributed by atoms with Crippen LogP contribution >= 0.6 is 0 Å². The zero-order valence-electron chi connectivity index (χ0n) is 8.98. The zero-order valence-corrected chi connectivity index (χ0v) is 9.98.